The van der Waals surface area contributed by atoms with Crippen molar-refractivity contribution in [3.63, 3.8) is 0 Å². The van der Waals surface area contributed by atoms with Crippen LogP contribution in [0.3, 0.4) is 0 Å². The average molecular weight is 557 g/mol. The van der Waals surface area contributed by atoms with Crippen LogP contribution < -0.4 is 9.96 Å². The Balaban J connectivity index is 1.39. The summed E-state index contributed by atoms with van der Waals surface area (Å²) in [6, 6.07) is 18.1. The molecule has 2 aliphatic rings. The van der Waals surface area contributed by atoms with Gasteiger partial charge in [-0.2, -0.15) is 0 Å². The molecular weight excluding hydrogens is 505 g/mol. The third-order valence-electron chi connectivity index (χ3n) is 8.02. The smallest absolute Gasteiger partial charge is 0.131 e. The first-order valence-electron chi connectivity index (χ1n) is 15.1. The zero-order valence-electron chi connectivity index (χ0n) is 26.3. The van der Waals surface area contributed by atoms with Crippen LogP contribution in [0, 0.1) is 12.2 Å². The van der Waals surface area contributed by atoms with Crippen molar-refractivity contribution in [2.75, 3.05) is 0 Å². The number of hydrogen-bond acceptors (Lipinski definition) is 2. The highest BCUT2D eigenvalue weighted by molar-refractivity contribution is 6.77. The van der Waals surface area contributed by atoms with E-state index < -0.39 is 16.5 Å². The van der Waals surface area contributed by atoms with Crippen LogP contribution >= 0.6 is 0 Å². The minimum Gasteiger partial charge on any atom is -0.332 e. The van der Waals surface area contributed by atoms with Crippen molar-refractivity contribution >= 4 is 27.6 Å². The minimum absolute atomic E-state index is 0.124. The molecule has 0 saturated carbocycles. The molecule has 2 atom stereocenters. The molecular formula is C35H52N2Si2. The number of fused-ring (bicyclic) bond motifs is 2. The van der Waals surface area contributed by atoms with Gasteiger partial charge >= 0.3 is 0 Å². The van der Waals surface area contributed by atoms with Gasteiger partial charge in [-0.25, -0.2) is 0 Å². The number of nitrogens with one attached hydrogen (secondary N) is 2. The number of rotatable bonds is 10. The summed E-state index contributed by atoms with van der Waals surface area (Å²) in [6.07, 6.45) is 14.0. The fraction of sp³-hybridized carbons (Fsp3) is 0.543. The molecule has 2 nitrogen and oxygen atoms in total. The molecule has 39 heavy (non-hydrogen) atoms. The predicted molar refractivity (Wildman–Crippen MR) is 175 cm³/mol. The lowest BCUT2D eigenvalue weighted by atomic mass is 9.98. The summed E-state index contributed by atoms with van der Waals surface area (Å²) in [4.78, 5) is 7.99. The summed E-state index contributed by atoms with van der Waals surface area (Å²) in [5.74, 6) is 0. The molecule has 2 aromatic carbocycles. The van der Waals surface area contributed by atoms with Gasteiger partial charge in [-0.3, -0.25) is 0 Å². The second-order valence-electron chi connectivity index (χ2n) is 15.0. The van der Waals surface area contributed by atoms with Gasteiger partial charge in [-0.05, 0) is 113 Å². The van der Waals surface area contributed by atoms with E-state index in [1.54, 1.807) is 0 Å². The van der Waals surface area contributed by atoms with E-state index in [-0.39, 0.29) is 11.1 Å². The SMILES string of the molecule is CC(C)(C)N[Si](C)(C)C1[C]=C(CCCCCC2=[C]C([Si](C)(C)NC(C)(C)C)c3ccccc32)c2ccccc21. The Morgan fingerprint density at radius 3 is 1.31 bits per heavy atom. The Kier molecular flexibility index (Phi) is 8.74. The topological polar surface area (TPSA) is 24.1 Å². The first-order chi connectivity index (χ1) is 18.1. The molecule has 4 rings (SSSR count). The number of allylic oxidation sites excluding steroid dienone is 4. The van der Waals surface area contributed by atoms with Gasteiger partial charge in [0.1, 0.15) is 16.5 Å². The molecule has 4 heteroatoms. The molecule has 0 spiro atoms. The normalized spacial score (nSPS) is 19.5. The van der Waals surface area contributed by atoms with Crippen molar-refractivity contribution < 1.29 is 0 Å². The summed E-state index contributed by atoms with van der Waals surface area (Å²) in [7, 11) is -3.47. The zero-order valence-corrected chi connectivity index (χ0v) is 28.3. The maximum Gasteiger partial charge on any atom is 0.131 e. The zero-order chi connectivity index (χ0) is 28.6. The molecule has 0 bridgehead atoms. The molecule has 2 aromatic rings. The third-order valence-corrected chi connectivity index (χ3v) is 14.6. The minimum atomic E-state index is -1.74. The van der Waals surface area contributed by atoms with Crippen molar-refractivity contribution in [1.29, 1.82) is 0 Å². The average Bonchev–Trinajstić information content (AvgIpc) is 3.36. The maximum absolute atomic E-state index is 4.00. The van der Waals surface area contributed by atoms with Crippen molar-refractivity contribution in [2.24, 2.45) is 0 Å². The quantitative estimate of drug-likeness (QED) is 0.225. The molecule has 2 N–H and O–H groups in total. The van der Waals surface area contributed by atoms with E-state index in [4.69, 9.17) is 0 Å². The molecule has 0 aliphatic heterocycles. The van der Waals surface area contributed by atoms with E-state index in [0.717, 1.165) is 12.8 Å². The number of hydrogen-bond donors (Lipinski definition) is 2. The summed E-state index contributed by atoms with van der Waals surface area (Å²) in [6.45, 7) is 23.6. The van der Waals surface area contributed by atoms with Crippen molar-refractivity contribution in [3.05, 3.63) is 82.9 Å². The molecule has 2 unspecified atom stereocenters. The Bertz CT molecular complexity index is 1130. The second kappa shape index (κ2) is 11.3. The van der Waals surface area contributed by atoms with Crippen LogP contribution in [-0.2, 0) is 0 Å². The van der Waals surface area contributed by atoms with Gasteiger partial charge in [-0.15, -0.1) is 0 Å². The number of unbranched alkanes of at least 4 members (excludes halogenated alkanes) is 2. The Hall–Kier alpha value is -1.73. The standard InChI is InChI=1S/C35H52N2Si2/c1-34(2,3)36-38(7,8)32-24-26(28-20-14-16-22-30(28)32)18-12-11-13-19-27-25-33(31-23-17-15-21-29(27)31)39(9,10)37-35(4,5)6/h14-17,20-23,32-33,36-37H,11-13,18-19H2,1-10H3. The van der Waals surface area contributed by atoms with Crippen LogP contribution in [0.25, 0.3) is 11.1 Å². The van der Waals surface area contributed by atoms with E-state index in [9.17, 15) is 0 Å². The van der Waals surface area contributed by atoms with Crippen LogP contribution in [0.5, 0.6) is 0 Å². The molecule has 2 aliphatic carbocycles. The first-order valence-corrected chi connectivity index (χ1v) is 21.2. The first kappa shape index (κ1) is 30.2. The third kappa shape index (κ3) is 7.32. The predicted octanol–water partition coefficient (Wildman–Crippen LogP) is 9.17. The molecule has 210 valence electrons. The van der Waals surface area contributed by atoms with Crippen LogP contribution in [0.1, 0.15) is 107 Å². The Morgan fingerprint density at radius 1 is 0.590 bits per heavy atom. The van der Waals surface area contributed by atoms with Crippen LogP contribution in [0.4, 0.5) is 0 Å². The lowest BCUT2D eigenvalue weighted by molar-refractivity contribution is 0.508. The molecule has 0 saturated heterocycles. The summed E-state index contributed by atoms with van der Waals surface area (Å²) >= 11 is 0. The van der Waals surface area contributed by atoms with E-state index >= 15 is 0 Å². The lowest BCUT2D eigenvalue weighted by Gasteiger charge is -2.37. The highest BCUT2D eigenvalue weighted by Crippen LogP contribution is 2.44. The molecule has 0 heterocycles. The van der Waals surface area contributed by atoms with Gasteiger partial charge in [-0.1, -0.05) is 81.1 Å². The monoisotopic (exact) mass is 556 g/mol. The largest absolute Gasteiger partial charge is 0.332 e. The van der Waals surface area contributed by atoms with Crippen molar-refractivity contribution in [1.82, 2.24) is 9.96 Å². The van der Waals surface area contributed by atoms with Crippen LogP contribution in [-0.4, -0.2) is 27.5 Å². The van der Waals surface area contributed by atoms with Gasteiger partial charge in [0.05, 0.1) is 0 Å². The second-order valence-corrected chi connectivity index (χ2v) is 23.6. The highest BCUT2D eigenvalue weighted by Gasteiger charge is 2.40. The van der Waals surface area contributed by atoms with Crippen LogP contribution in [0.2, 0.25) is 26.2 Å². The fourth-order valence-electron chi connectivity index (χ4n) is 7.12. The fourth-order valence-corrected chi connectivity index (χ4v) is 14.4. The van der Waals surface area contributed by atoms with Gasteiger partial charge < -0.3 is 9.96 Å². The van der Waals surface area contributed by atoms with Crippen molar-refractivity contribution in [2.45, 2.75) is 122 Å². The summed E-state index contributed by atoms with van der Waals surface area (Å²) in [5.41, 5.74) is 9.86. The van der Waals surface area contributed by atoms with Crippen LogP contribution in [0.15, 0.2) is 48.5 Å². The molecule has 0 aromatic heterocycles. The molecule has 0 fully saturated rings. The van der Waals surface area contributed by atoms with Gasteiger partial charge in [0.2, 0.25) is 0 Å². The van der Waals surface area contributed by atoms with Crippen molar-refractivity contribution in [3.8, 4) is 0 Å². The van der Waals surface area contributed by atoms with E-state index in [1.807, 2.05) is 0 Å². The Morgan fingerprint density at radius 2 is 0.949 bits per heavy atom. The maximum atomic E-state index is 4.00. The van der Waals surface area contributed by atoms with Gasteiger partial charge in [0, 0.05) is 22.2 Å². The summed E-state index contributed by atoms with van der Waals surface area (Å²) in [5, 5.41) is 0. The molecule has 2 radical (unpaired) electrons. The van der Waals surface area contributed by atoms with E-state index in [0.29, 0.717) is 11.1 Å². The molecule has 0 amide bonds. The van der Waals surface area contributed by atoms with Gasteiger partial charge in [0.25, 0.3) is 0 Å². The lowest BCUT2D eigenvalue weighted by Crippen LogP contribution is -2.57. The van der Waals surface area contributed by atoms with E-state index in [2.05, 4.69) is 138 Å². The summed E-state index contributed by atoms with van der Waals surface area (Å²) < 4.78 is 0. The van der Waals surface area contributed by atoms with E-state index in [1.165, 1.54) is 52.7 Å². The Labute approximate surface area is 242 Å². The number of benzene rings is 2. The highest BCUT2D eigenvalue weighted by atomic mass is 28.3. The van der Waals surface area contributed by atoms with Gasteiger partial charge in [0.15, 0.2) is 0 Å².